The van der Waals surface area contributed by atoms with Crippen LogP contribution in [0, 0.1) is 17.2 Å². The lowest BCUT2D eigenvalue weighted by atomic mass is 9.85. The summed E-state index contributed by atoms with van der Waals surface area (Å²) < 4.78 is 0. The summed E-state index contributed by atoms with van der Waals surface area (Å²) >= 11 is 0. The van der Waals surface area contributed by atoms with E-state index in [-0.39, 0.29) is 11.8 Å². The second-order valence-corrected chi connectivity index (χ2v) is 5.12. The molecule has 1 spiro atoms. The third-order valence-corrected chi connectivity index (χ3v) is 4.26. The number of nitrogens with zero attached hydrogens (tertiary/aromatic N) is 2. The minimum absolute atomic E-state index is 0.00907. The van der Waals surface area contributed by atoms with Gasteiger partial charge in [0.1, 0.15) is 0 Å². The third-order valence-electron chi connectivity index (χ3n) is 4.26. The van der Waals surface area contributed by atoms with Crippen LogP contribution in [0.15, 0.2) is 30.3 Å². The number of hydrogen-bond acceptors (Lipinski definition) is 2. The highest BCUT2D eigenvalue weighted by Crippen LogP contribution is 2.57. The molecule has 1 aromatic rings. The monoisotopic (exact) mass is 242 g/mol. The molecule has 0 unspecified atom stereocenters. The molecule has 0 bridgehead atoms. The highest BCUT2D eigenvalue weighted by Gasteiger charge is 2.63. The molecule has 3 rings (SSSR count). The van der Waals surface area contributed by atoms with Gasteiger partial charge >= 0.3 is 6.09 Å². The molecule has 1 amide bonds. The minimum atomic E-state index is -0.897. The maximum atomic E-state index is 11.3. The third kappa shape index (κ3) is 1.40. The van der Waals surface area contributed by atoms with E-state index in [1.807, 2.05) is 30.3 Å². The van der Waals surface area contributed by atoms with Crippen LogP contribution >= 0.6 is 0 Å². The van der Waals surface area contributed by atoms with Crippen molar-refractivity contribution < 1.29 is 9.90 Å². The lowest BCUT2D eigenvalue weighted by molar-refractivity contribution is 0.131. The molecule has 2 aliphatic rings. The Kier molecular flexibility index (Phi) is 2.30. The molecule has 2 atom stereocenters. The summed E-state index contributed by atoms with van der Waals surface area (Å²) in [6.45, 7) is 0.442. The fourth-order valence-electron chi connectivity index (χ4n) is 3.21. The number of rotatable bonds is 1. The Labute approximate surface area is 105 Å². The number of carboxylic acid groups (broad SMARTS) is 1. The Morgan fingerprint density at radius 1 is 1.39 bits per heavy atom. The van der Waals surface area contributed by atoms with Gasteiger partial charge in [-0.25, -0.2) is 4.79 Å². The normalized spacial score (nSPS) is 28.1. The SMILES string of the molecule is N#C[C@@H]1[C@@H](c2ccccc2)CN(C(=O)O)C12CC2. The first-order valence-corrected chi connectivity index (χ1v) is 6.14. The molecular weight excluding hydrogens is 228 g/mol. The topological polar surface area (TPSA) is 64.3 Å². The summed E-state index contributed by atoms with van der Waals surface area (Å²) in [6, 6.07) is 12.1. The molecule has 1 saturated carbocycles. The van der Waals surface area contributed by atoms with Crippen LogP contribution in [0.4, 0.5) is 4.79 Å². The van der Waals surface area contributed by atoms with Crippen LogP contribution in [0.2, 0.25) is 0 Å². The standard InChI is InChI=1S/C14H14N2O2/c15-8-12-11(10-4-2-1-3-5-10)9-16(13(17)18)14(12)6-7-14/h1-5,11-12H,6-7,9H2,(H,17,18)/t11-,12-/m1/s1. The fourth-order valence-corrected chi connectivity index (χ4v) is 3.21. The molecular formula is C14H14N2O2. The van der Waals surface area contributed by atoms with Crippen LogP contribution < -0.4 is 0 Å². The molecule has 0 radical (unpaired) electrons. The molecule has 1 N–H and O–H groups in total. The molecule has 4 heteroatoms. The molecule has 1 aromatic carbocycles. The fraction of sp³-hybridized carbons (Fsp3) is 0.429. The van der Waals surface area contributed by atoms with Crippen LogP contribution in [-0.4, -0.2) is 28.2 Å². The van der Waals surface area contributed by atoms with Crippen LogP contribution in [0.1, 0.15) is 24.3 Å². The summed E-state index contributed by atoms with van der Waals surface area (Å²) in [7, 11) is 0. The molecule has 2 fully saturated rings. The molecule has 1 aliphatic carbocycles. The van der Waals surface area contributed by atoms with Crippen molar-refractivity contribution in [3.05, 3.63) is 35.9 Å². The van der Waals surface area contributed by atoms with E-state index in [0.717, 1.165) is 18.4 Å². The number of amides is 1. The van der Waals surface area contributed by atoms with E-state index in [4.69, 9.17) is 0 Å². The van der Waals surface area contributed by atoms with E-state index in [0.29, 0.717) is 6.54 Å². The van der Waals surface area contributed by atoms with Crippen molar-refractivity contribution in [3.8, 4) is 6.07 Å². The van der Waals surface area contributed by atoms with Gasteiger partial charge in [-0.1, -0.05) is 30.3 Å². The van der Waals surface area contributed by atoms with E-state index < -0.39 is 11.6 Å². The second-order valence-electron chi connectivity index (χ2n) is 5.12. The van der Waals surface area contributed by atoms with Gasteiger partial charge in [-0.2, -0.15) is 5.26 Å². The smallest absolute Gasteiger partial charge is 0.407 e. The van der Waals surface area contributed by atoms with Crippen molar-refractivity contribution in [2.45, 2.75) is 24.3 Å². The van der Waals surface area contributed by atoms with Crippen molar-refractivity contribution in [1.82, 2.24) is 4.90 Å². The van der Waals surface area contributed by atoms with Gasteiger partial charge in [-0.3, -0.25) is 0 Å². The van der Waals surface area contributed by atoms with Crippen LogP contribution in [-0.2, 0) is 0 Å². The highest BCUT2D eigenvalue weighted by atomic mass is 16.4. The minimum Gasteiger partial charge on any atom is -0.465 e. The number of likely N-dealkylation sites (tertiary alicyclic amines) is 1. The van der Waals surface area contributed by atoms with Crippen molar-refractivity contribution >= 4 is 6.09 Å². The van der Waals surface area contributed by atoms with E-state index in [1.165, 1.54) is 4.90 Å². The lowest BCUT2D eigenvalue weighted by Crippen LogP contribution is -2.38. The Balaban J connectivity index is 1.98. The Hall–Kier alpha value is -2.02. The molecule has 1 aliphatic heterocycles. The van der Waals surface area contributed by atoms with Gasteiger partial charge in [0.2, 0.25) is 0 Å². The summed E-state index contributed by atoms with van der Waals surface area (Å²) in [6.07, 6.45) is 0.744. The van der Waals surface area contributed by atoms with Gasteiger partial charge in [-0.05, 0) is 18.4 Å². The number of nitriles is 1. The Bertz CT molecular complexity index is 516. The van der Waals surface area contributed by atoms with Gasteiger partial charge in [-0.15, -0.1) is 0 Å². The largest absolute Gasteiger partial charge is 0.465 e. The first kappa shape index (κ1) is 11.1. The summed E-state index contributed by atoms with van der Waals surface area (Å²) in [5.74, 6) is -0.203. The van der Waals surface area contributed by atoms with Gasteiger partial charge in [0.25, 0.3) is 0 Å². The molecule has 1 saturated heterocycles. The van der Waals surface area contributed by atoms with Crippen molar-refractivity contribution in [1.29, 1.82) is 5.26 Å². The van der Waals surface area contributed by atoms with E-state index in [1.54, 1.807) is 0 Å². The first-order chi connectivity index (χ1) is 8.69. The Morgan fingerprint density at radius 2 is 2.06 bits per heavy atom. The van der Waals surface area contributed by atoms with Crippen LogP contribution in [0.5, 0.6) is 0 Å². The summed E-state index contributed by atoms with van der Waals surface area (Å²) in [5, 5.41) is 18.7. The molecule has 1 heterocycles. The quantitative estimate of drug-likeness (QED) is 0.822. The average molecular weight is 242 g/mol. The van der Waals surface area contributed by atoms with Crippen molar-refractivity contribution in [3.63, 3.8) is 0 Å². The second kappa shape index (κ2) is 3.74. The zero-order chi connectivity index (χ0) is 12.8. The zero-order valence-corrected chi connectivity index (χ0v) is 9.91. The predicted molar refractivity (Wildman–Crippen MR) is 65.0 cm³/mol. The van der Waals surface area contributed by atoms with Crippen LogP contribution in [0.3, 0.4) is 0 Å². The lowest BCUT2D eigenvalue weighted by Gasteiger charge is -2.22. The molecule has 18 heavy (non-hydrogen) atoms. The molecule has 92 valence electrons. The van der Waals surface area contributed by atoms with Crippen molar-refractivity contribution in [2.24, 2.45) is 5.92 Å². The van der Waals surface area contributed by atoms with E-state index >= 15 is 0 Å². The van der Waals surface area contributed by atoms with Gasteiger partial charge in [0, 0.05) is 12.5 Å². The number of hydrogen-bond donors (Lipinski definition) is 1. The average Bonchev–Trinajstić information content (AvgIpc) is 3.07. The molecule has 4 nitrogen and oxygen atoms in total. The number of benzene rings is 1. The van der Waals surface area contributed by atoms with Crippen LogP contribution in [0.25, 0.3) is 0 Å². The van der Waals surface area contributed by atoms with E-state index in [2.05, 4.69) is 6.07 Å². The predicted octanol–water partition coefficient (Wildman–Crippen LogP) is 2.44. The summed E-state index contributed by atoms with van der Waals surface area (Å²) in [4.78, 5) is 12.8. The Morgan fingerprint density at radius 3 is 2.56 bits per heavy atom. The maximum absolute atomic E-state index is 11.3. The zero-order valence-electron chi connectivity index (χ0n) is 9.91. The van der Waals surface area contributed by atoms with Gasteiger partial charge < -0.3 is 10.0 Å². The van der Waals surface area contributed by atoms with Gasteiger partial charge in [0.15, 0.2) is 0 Å². The first-order valence-electron chi connectivity index (χ1n) is 6.14. The number of carbonyl (C=O) groups is 1. The van der Waals surface area contributed by atoms with Crippen molar-refractivity contribution in [2.75, 3.05) is 6.54 Å². The maximum Gasteiger partial charge on any atom is 0.407 e. The molecule has 0 aromatic heterocycles. The van der Waals surface area contributed by atoms with Gasteiger partial charge in [0.05, 0.1) is 17.5 Å². The highest BCUT2D eigenvalue weighted by molar-refractivity contribution is 5.68. The van der Waals surface area contributed by atoms with E-state index in [9.17, 15) is 15.2 Å². The summed E-state index contributed by atoms with van der Waals surface area (Å²) in [5.41, 5.74) is 0.667.